The molecule has 0 bridgehead atoms. The van der Waals surface area contributed by atoms with Gasteiger partial charge >= 0.3 is 5.97 Å². The fourth-order valence-corrected chi connectivity index (χ4v) is 1.21. The zero-order valence-electron chi connectivity index (χ0n) is 7.74. The molecule has 1 aromatic carbocycles. The van der Waals surface area contributed by atoms with Gasteiger partial charge in [0.1, 0.15) is 0 Å². The van der Waals surface area contributed by atoms with E-state index in [1.54, 1.807) is 19.1 Å². The molecule has 0 unspecified atom stereocenters. The fraction of sp³-hybridized carbons (Fsp3) is 0.300. The predicted octanol–water partition coefficient (Wildman–Crippen LogP) is 1.71. The zero-order valence-corrected chi connectivity index (χ0v) is 7.74. The molecule has 0 aliphatic carbocycles. The second-order valence-electron chi connectivity index (χ2n) is 3.17. The average Bonchev–Trinajstić information content (AvgIpc) is 2.03. The standard InChI is InChI=1S/C10H13NO2/c1-6-5-8(7(2)11)3-4-9(6)10(12)13/h3-5,7H,11H2,1-2H3,(H,12,13)/t7-/m1/s1. The largest absolute Gasteiger partial charge is 0.478 e. The summed E-state index contributed by atoms with van der Waals surface area (Å²) in [6, 6.07) is 5.10. The first-order chi connectivity index (χ1) is 6.02. The van der Waals surface area contributed by atoms with Gasteiger partial charge in [0, 0.05) is 6.04 Å². The van der Waals surface area contributed by atoms with Gasteiger partial charge in [-0.25, -0.2) is 4.79 Å². The van der Waals surface area contributed by atoms with Gasteiger partial charge in [0.05, 0.1) is 5.56 Å². The molecule has 0 radical (unpaired) electrons. The number of benzene rings is 1. The Morgan fingerprint density at radius 1 is 1.54 bits per heavy atom. The van der Waals surface area contributed by atoms with E-state index in [9.17, 15) is 4.79 Å². The summed E-state index contributed by atoms with van der Waals surface area (Å²) >= 11 is 0. The monoisotopic (exact) mass is 179 g/mol. The molecule has 3 N–H and O–H groups in total. The van der Waals surface area contributed by atoms with Crippen molar-refractivity contribution in [3.8, 4) is 0 Å². The number of carboxylic acid groups (broad SMARTS) is 1. The van der Waals surface area contributed by atoms with Crippen molar-refractivity contribution in [2.45, 2.75) is 19.9 Å². The first-order valence-electron chi connectivity index (χ1n) is 4.12. The summed E-state index contributed by atoms with van der Waals surface area (Å²) in [5.41, 5.74) is 7.71. The van der Waals surface area contributed by atoms with Crippen LogP contribution in [-0.4, -0.2) is 11.1 Å². The maximum atomic E-state index is 10.7. The number of aryl methyl sites for hydroxylation is 1. The molecule has 0 fully saturated rings. The van der Waals surface area contributed by atoms with Gasteiger partial charge in [0.15, 0.2) is 0 Å². The van der Waals surface area contributed by atoms with Crippen molar-refractivity contribution in [3.05, 3.63) is 34.9 Å². The van der Waals surface area contributed by atoms with Crippen molar-refractivity contribution in [1.82, 2.24) is 0 Å². The van der Waals surface area contributed by atoms with Crippen LogP contribution in [0.4, 0.5) is 0 Å². The number of aromatic carboxylic acids is 1. The van der Waals surface area contributed by atoms with E-state index < -0.39 is 5.97 Å². The molecule has 13 heavy (non-hydrogen) atoms. The molecule has 1 atom stereocenters. The normalized spacial score (nSPS) is 12.5. The lowest BCUT2D eigenvalue weighted by Crippen LogP contribution is -2.07. The van der Waals surface area contributed by atoms with Gasteiger partial charge < -0.3 is 10.8 Å². The van der Waals surface area contributed by atoms with Gasteiger partial charge in [-0.3, -0.25) is 0 Å². The number of hydrogen-bond acceptors (Lipinski definition) is 2. The van der Waals surface area contributed by atoms with Crippen LogP contribution in [0.1, 0.15) is 34.5 Å². The molecule has 0 saturated carbocycles. The molecular weight excluding hydrogens is 166 g/mol. The van der Waals surface area contributed by atoms with Gasteiger partial charge in [-0.1, -0.05) is 12.1 Å². The molecule has 0 aromatic heterocycles. The molecular formula is C10H13NO2. The SMILES string of the molecule is Cc1cc([C@@H](C)N)ccc1C(=O)O. The second-order valence-corrected chi connectivity index (χ2v) is 3.17. The molecule has 0 saturated heterocycles. The Morgan fingerprint density at radius 3 is 2.54 bits per heavy atom. The third kappa shape index (κ3) is 2.06. The average molecular weight is 179 g/mol. The number of hydrogen-bond donors (Lipinski definition) is 2. The van der Waals surface area contributed by atoms with Crippen LogP contribution in [0.2, 0.25) is 0 Å². The third-order valence-corrected chi connectivity index (χ3v) is 2.01. The minimum absolute atomic E-state index is 0.0541. The van der Waals surface area contributed by atoms with Crippen molar-refractivity contribution < 1.29 is 9.90 Å². The van der Waals surface area contributed by atoms with Crippen molar-refractivity contribution in [2.24, 2.45) is 5.73 Å². The Balaban J connectivity index is 3.13. The van der Waals surface area contributed by atoms with Crippen LogP contribution in [0.5, 0.6) is 0 Å². The minimum Gasteiger partial charge on any atom is -0.478 e. The second kappa shape index (κ2) is 3.58. The van der Waals surface area contributed by atoms with Crippen LogP contribution in [0, 0.1) is 6.92 Å². The smallest absolute Gasteiger partial charge is 0.335 e. The van der Waals surface area contributed by atoms with Crippen LogP contribution in [-0.2, 0) is 0 Å². The molecule has 1 aromatic rings. The van der Waals surface area contributed by atoms with Crippen LogP contribution in [0.25, 0.3) is 0 Å². The Bertz CT molecular complexity index is 332. The highest BCUT2D eigenvalue weighted by Gasteiger charge is 2.08. The number of carboxylic acids is 1. The van der Waals surface area contributed by atoms with E-state index in [0.717, 1.165) is 11.1 Å². The first kappa shape index (κ1) is 9.74. The summed E-state index contributed by atoms with van der Waals surface area (Å²) in [6.45, 7) is 3.64. The van der Waals surface area contributed by atoms with Crippen LogP contribution in [0.3, 0.4) is 0 Å². The van der Waals surface area contributed by atoms with Gasteiger partial charge in [-0.15, -0.1) is 0 Å². The van der Waals surface area contributed by atoms with E-state index in [1.165, 1.54) is 0 Å². The van der Waals surface area contributed by atoms with Crippen LogP contribution >= 0.6 is 0 Å². The van der Waals surface area contributed by atoms with E-state index in [1.807, 2.05) is 13.0 Å². The Morgan fingerprint density at radius 2 is 2.15 bits per heavy atom. The highest BCUT2D eigenvalue weighted by Crippen LogP contribution is 2.15. The summed E-state index contributed by atoms with van der Waals surface area (Å²) in [7, 11) is 0. The zero-order chi connectivity index (χ0) is 10.0. The first-order valence-corrected chi connectivity index (χ1v) is 4.12. The Kier molecular flexibility index (Phi) is 2.68. The minimum atomic E-state index is -0.895. The Labute approximate surface area is 77.2 Å². The summed E-state index contributed by atoms with van der Waals surface area (Å²) in [4.78, 5) is 10.7. The number of nitrogens with two attached hydrogens (primary N) is 1. The van der Waals surface area contributed by atoms with Crippen molar-refractivity contribution in [1.29, 1.82) is 0 Å². The van der Waals surface area contributed by atoms with Gasteiger partial charge in [-0.05, 0) is 31.0 Å². The topological polar surface area (TPSA) is 63.3 Å². The number of carbonyl (C=O) groups is 1. The lowest BCUT2D eigenvalue weighted by molar-refractivity contribution is 0.0696. The molecule has 0 aliphatic heterocycles. The maximum absolute atomic E-state index is 10.7. The van der Waals surface area contributed by atoms with Crippen molar-refractivity contribution in [3.63, 3.8) is 0 Å². The Hall–Kier alpha value is -1.35. The number of rotatable bonds is 2. The van der Waals surface area contributed by atoms with E-state index in [2.05, 4.69) is 0 Å². The molecule has 3 nitrogen and oxygen atoms in total. The molecule has 0 spiro atoms. The van der Waals surface area contributed by atoms with Crippen molar-refractivity contribution in [2.75, 3.05) is 0 Å². The molecule has 1 rings (SSSR count). The lowest BCUT2D eigenvalue weighted by Gasteiger charge is -2.07. The van der Waals surface area contributed by atoms with Gasteiger partial charge in [-0.2, -0.15) is 0 Å². The summed E-state index contributed by atoms with van der Waals surface area (Å²) in [5, 5.41) is 8.76. The molecule has 0 heterocycles. The highest BCUT2D eigenvalue weighted by atomic mass is 16.4. The molecule has 0 amide bonds. The summed E-state index contributed by atoms with van der Waals surface area (Å²) in [6.07, 6.45) is 0. The molecule has 70 valence electrons. The summed E-state index contributed by atoms with van der Waals surface area (Å²) < 4.78 is 0. The molecule has 3 heteroatoms. The maximum Gasteiger partial charge on any atom is 0.335 e. The van der Waals surface area contributed by atoms with E-state index in [4.69, 9.17) is 10.8 Å². The highest BCUT2D eigenvalue weighted by molar-refractivity contribution is 5.89. The van der Waals surface area contributed by atoms with E-state index >= 15 is 0 Å². The van der Waals surface area contributed by atoms with E-state index in [0.29, 0.717) is 5.56 Å². The lowest BCUT2D eigenvalue weighted by atomic mass is 10.0. The third-order valence-electron chi connectivity index (χ3n) is 2.01. The van der Waals surface area contributed by atoms with Gasteiger partial charge in [0.2, 0.25) is 0 Å². The van der Waals surface area contributed by atoms with Gasteiger partial charge in [0.25, 0.3) is 0 Å². The van der Waals surface area contributed by atoms with Crippen molar-refractivity contribution >= 4 is 5.97 Å². The molecule has 0 aliphatic rings. The van der Waals surface area contributed by atoms with Crippen LogP contribution in [0.15, 0.2) is 18.2 Å². The quantitative estimate of drug-likeness (QED) is 0.726. The van der Waals surface area contributed by atoms with E-state index in [-0.39, 0.29) is 6.04 Å². The van der Waals surface area contributed by atoms with Crippen LogP contribution < -0.4 is 5.73 Å². The summed E-state index contributed by atoms with van der Waals surface area (Å²) in [5.74, 6) is -0.895. The predicted molar refractivity (Wildman–Crippen MR) is 50.7 cm³/mol. The fourth-order valence-electron chi connectivity index (χ4n) is 1.21.